The van der Waals surface area contributed by atoms with Gasteiger partial charge in [-0.15, -0.1) is 0 Å². The van der Waals surface area contributed by atoms with E-state index in [4.69, 9.17) is 0 Å². The zero-order chi connectivity index (χ0) is 9.68. The van der Waals surface area contributed by atoms with Crippen molar-refractivity contribution in [1.82, 2.24) is 5.32 Å². The molecule has 0 saturated heterocycles. The number of amides is 1. The average Bonchev–Trinajstić information content (AvgIpc) is 2.03. The third kappa shape index (κ3) is 3.02. The van der Waals surface area contributed by atoms with E-state index >= 15 is 0 Å². The molecule has 0 spiro atoms. The summed E-state index contributed by atoms with van der Waals surface area (Å²) < 4.78 is 0. The number of rotatable bonds is 5. The first kappa shape index (κ1) is 10.6. The van der Waals surface area contributed by atoms with Gasteiger partial charge in [0.15, 0.2) is 0 Å². The van der Waals surface area contributed by atoms with Crippen molar-refractivity contribution >= 4 is 5.91 Å². The van der Waals surface area contributed by atoms with Gasteiger partial charge in [0.1, 0.15) is 0 Å². The second-order valence-corrected chi connectivity index (χ2v) is 4.06. The molecule has 0 aromatic rings. The molecule has 0 aromatic carbocycles. The van der Waals surface area contributed by atoms with Crippen LogP contribution < -0.4 is 5.32 Å². The Morgan fingerprint density at radius 2 is 2.00 bits per heavy atom. The van der Waals surface area contributed by atoms with Crippen LogP contribution in [0.25, 0.3) is 0 Å². The molecule has 0 bridgehead atoms. The van der Waals surface area contributed by atoms with Gasteiger partial charge in [-0.1, -0.05) is 33.1 Å². The second kappa shape index (κ2) is 5.25. The Balaban J connectivity index is 2.12. The van der Waals surface area contributed by atoms with Crippen molar-refractivity contribution in [1.29, 1.82) is 0 Å². The van der Waals surface area contributed by atoms with Gasteiger partial charge in [0.25, 0.3) is 0 Å². The number of carbonyl (C=O) groups excluding carboxylic acids is 1. The van der Waals surface area contributed by atoms with E-state index in [1.165, 1.54) is 19.3 Å². The smallest absolute Gasteiger partial charge is 0.223 e. The lowest BCUT2D eigenvalue weighted by atomic mass is 9.84. The highest BCUT2D eigenvalue weighted by molar-refractivity contribution is 5.79. The Morgan fingerprint density at radius 3 is 2.38 bits per heavy atom. The van der Waals surface area contributed by atoms with E-state index < -0.39 is 0 Å². The molecule has 0 radical (unpaired) electrons. The van der Waals surface area contributed by atoms with Crippen molar-refractivity contribution in [2.75, 3.05) is 6.54 Å². The lowest BCUT2D eigenvalue weighted by Gasteiger charge is -2.25. The lowest BCUT2D eigenvalue weighted by molar-refractivity contribution is -0.127. The molecule has 76 valence electrons. The van der Waals surface area contributed by atoms with Gasteiger partial charge < -0.3 is 5.32 Å². The molecule has 0 heterocycles. The molecule has 0 atom stereocenters. The van der Waals surface area contributed by atoms with Gasteiger partial charge in [-0.05, 0) is 18.8 Å². The van der Waals surface area contributed by atoms with Crippen LogP contribution in [-0.2, 0) is 4.79 Å². The van der Waals surface area contributed by atoms with Crippen LogP contribution >= 0.6 is 0 Å². The third-order valence-electron chi connectivity index (χ3n) is 3.20. The molecule has 1 fully saturated rings. The molecule has 1 amide bonds. The lowest BCUT2D eigenvalue weighted by Crippen LogP contribution is -2.37. The highest BCUT2D eigenvalue weighted by Crippen LogP contribution is 2.26. The van der Waals surface area contributed by atoms with Crippen molar-refractivity contribution < 1.29 is 4.79 Å². The Morgan fingerprint density at radius 1 is 1.38 bits per heavy atom. The zero-order valence-electron chi connectivity index (χ0n) is 8.81. The summed E-state index contributed by atoms with van der Waals surface area (Å²) in [6.45, 7) is 5.25. The molecular formula is C11H21NO. The van der Waals surface area contributed by atoms with Crippen molar-refractivity contribution in [3.05, 3.63) is 0 Å². The van der Waals surface area contributed by atoms with Gasteiger partial charge in [-0.2, -0.15) is 0 Å². The average molecular weight is 183 g/mol. The van der Waals surface area contributed by atoms with Gasteiger partial charge in [0, 0.05) is 12.5 Å². The maximum atomic E-state index is 11.5. The topological polar surface area (TPSA) is 29.1 Å². The van der Waals surface area contributed by atoms with Gasteiger partial charge >= 0.3 is 0 Å². The number of nitrogens with one attached hydrogen (secondary N) is 1. The summed E-state index contributed by atoms with van der Waals surface area (Å²) in [7, 11) is 0. The highest BCUT2D eigenvalue weighted by atomic mass is 16.1. The summed E-state index contributed by atoms with van der Waals surface area (Å²) in [5, 5.41) is 3.05. The van der Waals surface area contributed by atoms with Crippen LogP contribution in [0.4, 0.5) is 0 Å². The molecule has 13 heavy (non-hydrogen) atoms. The minimum atomic E-state index is 0.290. The summed E-state index contributed by atoms with van der Waals surface area (Å²) in [6.07, 6.45) is 5.79. The fourth-order valence-corrected chi connectivity index (χ4v) is 1.64. The molecular weight excluding hydrogens is 162 g/mol. The Kier molecular flexibility index (Phi) is 4.26. The quantitative estimate of drug-likeness (QED) is 0.696. The fraction of sp³-hybridized carbons (Fsp3) is 0.909. The predicted molar refractivity (Wildman–Crippen MR) is 54.4 cm³/mol. The molecule has 0 unspecified atom stereocenters. The summed E-state index contributed by atoms with van der Waals surface area (Å²) in [5.74, 6) is 1.30. The standard InChI is InChI=1S/C11H21NO/c1-3-9(4-2)8-12-11(13)10-6-5-7-10/h9-10H,3-8H2,1-2H3,(H,12,13). The molecule has 0 aromatic heterocycles. The maximum absolute atomic E-state index is 11.5. The van der Waals surface area contributed by atoms with E-state index in [1.54, 1.807) is 0 Å². The summed E-state index contributed by atoms with van der Waals surface area (Å²) >= 11 is 0. The number of hydrogen-bond donors (Lipinski definition) is 1. The largest absolute Gasteiger partial charge is 0.356 e. The van der Waals surface area contributed by atoms with Crippen LogP contribution in [0.5, 0.6) is 0 Å². The second-order valence-electron chi connectivity index (χ2n) is 4.06. The van der Waals surface area contributed by atoms with Gasteiger partial charge in [0.2, 0.25) is 5.91 Å². The van der Waals surface area contributed by atoms with E-state index in [0.717, 1.165) is 19.4 Å². The third-order valence-corrected chi connectivity index (χ3v) is 3.20. The molecule has 1 aliphatic carbocycles. The zero-order valence-corrected chi connectivity index (χ0v) is 8.81. The van der Waals surface area contributed by atoms with Gasteiger partial charge in [-0.3, -0.25) is 4.79 Å². The van der Waals surface area contributed by atoms with E-state index in [0.29, 0.717) is 11.8 Å². The van der Waals surface area contributed by atoms with Crippen LogP contribution in [0.3, 0.4) is 0 Å². The Bertz CT molecular complexity index is 159. The molecule has 0 aliphatic heterocycles. The summed E-state index contributed by atoms with van der Waals surface area (Å²) in [6, 6.07) is 0. The predicted octanol–water partition coefficient (Wildman–Crippen LogP) is 2.34. The summed E-state index contributed by atoms with van der Waals surface area (Å²) in [5.41, 5.74) is 0. The molecule has 2 nitrogen and oxygen atoms in total. The van der Waals surface area contributed by atoms with Gasteiger partial charge in [-0.25, -0.2) is 0 Å². The van der Waals surface area contributed by atoms with Crippen LogP contribution in [0.15, 0.2) is 0 Å². The molecule has 1 N–H and O–H groups in total. The van der Waals surface area contributed by atoms with E-state index in [-0.39, 0.29) is 5.91 Å². The van der Waals surface area contributed by atoms with Crippen molar-refractivity contribution in [3.63, 3.8) is 0 Å². The molecule has 1 saturated carbocycles. The highest BCUT2D eigenvalue weighted by Gasteiger charge is 2.24. The minimum Gasteiger partial charge on any atom is -0.356 e. The van der Waals surface area contributed by atoms with Crippen molar-refractivity contribution in [2.24, 2.45) is 11.8 Å². The van der Waals surface area contributed by atoms with Crippen LogP contribution in [0, 0.1) is 11.8 Å². The van der Waals surface area contributed by atoms with E-state index in [2.05, 4.69) is 19.2 Å². The first-order chi connectivity index (χ1) is 6.27. The first-order valence-corrected chi connectivity index (χ1v) is 5.55. The fourth-order valence-electron chi connectivity index (χ4n) is 1.64. The molecule has 1 aliphatic rings. The van der Waals surface area contributed by atoms with Crippen LogP contribution in [0.2, 0.25) is 0 Å². The number of hydrogen-bond acceptors (Lipinski definition) is 1. The summed E-state index contributed by atoms with van der Waals surface area (Å²) in [4.78, 5) is 11.5. The minimum absolute atomic E-state index is 0.290. The van der Waals surface area contributed by atoms with Crippen molar-refractivity contribution in [2.45, 2.75) is 46.0 Å². The van der Waals surface area contributed by atoms with E-state index in [9.17, 15) is 4.79 Å². The van der Waals surface area contributed by atoms with Crippen LogP contribution in [-0.4, -0.2) is 12.5 Å². The normalized spacial score (nSPS) is 17.2. The SMILES string of the molecule is CCC(CC)CNC(=O)C1CCC1. The number of carbonyl (C=O) groups is 1. The van der Waals surface area contributed by atoms with Crippen LogP contribution in [0.1, 0.15) is 46.0 Å². The van der Waals surface area contributed by atoms with E-state index in [1.807, 2.05) is 0 Å². The molecule has 2 heteroatoms. The van der Waals surface area contributed by atoms with Crippen molar-refractivity contribution in [3.8, 4) is 0 Å². The first-order valence-electron chi connectivity index (χ1n) is 5.55. The molecule has 1 rings (SSSR count). The Hall–Kier alpha value is -0.530. The van der Waals surface area contributed by atoms with Gasteiger partial charge in [0.05, 0.1) is 0 Å². The maximum Gasteiger partial charge on any atom is 0.223 e. The Labute approximate surface area is 81.1 Å². The monoisotopic (exact) mass is 183 g/mol.